The summed E-state index contributed by atoms with van der Waals surface area (Å²) >= 11 is 0. The lowest BCUT2D eigenvalue weighted by molar-refractivity contribution is 0.248. The van der Waals surface area contributed by atoms with Gasteiger partial charge < -0.3 is 11.1 Å². The van der Waals surface area contributed by atoms with Crippen molar-refractivity contribution in [1.29, 1.82) is 0 Å². The summed E-state index contributed by atoms with van der Waals surface area (Å²) in [5.41, 5.74) is 4.64. The molecule has 3 N–H and O–H groups in total. The molecule has 4 heteroatoms. The molecule has 0 aromatic carbocycles. The first-order valence-electron chi connectivity index (χ1n) is 2.10. The Balaban J connectivity index is 3.38. The Morgan fingerprint density at radius 2 is 2.38 bits per heavy atom. The molecular formula is C4H7N2O2. The van der Waals surface area contributed by atoms with Gasteiger partial charge in [-0.15, -0.1) is 0 Å². The third kappa shape index (κ3) is 3.14. The van der Waals surface area contributed by atoms with Gasteiger partial charge in [-0.05, 0) is 6.92 Å². The molecule has 0 aromatic heterocycles. The first kappa shape index (κ1) is 6.94. The van der Waals surface area contributed by atoms with Crippen LogP contribution in [0, 0.1) is 0 Å². The van der Waals surface area contributed by atoms with E-state index in [4.69, 9.17) is 0 Å². The van der Waals surface area contributed by atoms with Gasteiger partial charge >= 0.3 is 6.03 Å². The summed E-state index contributed by atoms with van der Waals surface area (Å²) in [6, 6.07) is -1.31. The zero-order valence-corrected chi connectivity index (χ0v) is 4.47. The maximum Gasteiger partial charge on any atom is 0.312 e. The van der Waals surface area contributed by atoms with E-state index in [0.29, 0.717) is 0 Å². The Bertz CT molecular complexity index is 102. The van der Waals surface area contributed by atoms with Gasteiger partial charge in [0.05, 0.1) is 6.04 Å². The monoisotopic (exact) mass is 115 g/mol. The van der Waals surface area contributed by atoms with E-state index in [1.807, 2.05) is 0 Å². The number of hydrogen-bond acceptors (Lipinski definition) is 2. The first-order valence-corrected chi connectivity index (χ1v) is 2.10. The zero-order valence-electron chi connectivity index (χ0n) is 4.47. The van der Waals surface area contributed by atoms with Gasteiger partial charge in [-0.3, -0.25) is 4.79 Å². The normalized spacial score (nSPS) is 12.1. The summed E-state index contributed by atoms with van der Waals surface area (Å²) in [5, 5.41) is 2.11. The number of urea groups is 1. The molecule has 45 valence electrons. The van der Waals surface area contributed by atoms with Crippen LogP contribution >= 0.6 is 0 Å². The first-order chi connectivity index (χ1) is 3.66. The standard InChI is InChI=1S/C4H7N2O2/c1-3(2-7)6-4(5)8/h3H,1H3,(H3,5,6,8). The molecule has 0 aliphatic heterocycles. The summed E-state index contributed by atoms with van der Waals surface area (Å²) in [6.45, 7) is 1.48. The Kier molecular flexibility index (Phi) is 2.61. The number of nitrogens with two attached hydrogens (primary N) is 1. The second-order valence-electron chi connectivity index (χ2n) is 1.35. The molecule has 0 saturated carbocycles. The SMILES string of the molecule is CC([C]=O)NC(N)=O. The number of primary amides is 1. The quantitative estimate of drug-likeness (QED) is 0.492. The van der Waals surface area contributed by atoms with Gasteiger partial charge in [0, 0.05) is 0 Å². The average Bonchev–Trinajstić information content (AvgIpc) is 1.65. The predicted molar refractivity (Wildman–Crippen MR) is 27.9 cm³/mol. The minimum Gasteiger partial charge on any atom is -0.352 e. The van der Waals surface area contributed by atoms with E-state index in [0.717, 1.165) is 0 Å². The summed E-state index contributed by atoms with van der Waals surface area (Å²) in [4.78, 5) is 19.5. The van der Waals surface area contributed by atoms with Crippen LogP contribution in [-0.4, -0.2) is 18.4 Å². The van der Waals surface area contributed by atoms with Crippen LogP contribution < -0.4 is 11.1 Å². The van der Waals surface area contributed by atoms with Gasteiger partial charge in [-0.2, -0.15) is 0 Å². The van der Waals surface area contributed by atoms with Crippen LogP contribution in [0.4, 0.5) is 4.79 Å². The number of carbonyl (C=O) groups is 1. The Morgan fingerprint density at radius 1 is 1.88 bits per heavy atom. The molecule has 1 unspecified atom stereocenters. The van der Waals surface area contributed by atoms with Gasteiger partial charge in [-0.1, -0.05) is 0 Å². The Hall–Kier alpha value is -1.06. The number of carbonyl (C=O) groups excluding carboxylic acids is 2. The zero-order chi connectivity index (χ0) is 6.57. The van der Waals surface area contributed by atoms with Crippen molar-refractivity contribution in [2.75, 3.05) is 0 Å². The maximum atomic E-state index is 9.90. The van der Waals surface area contributed by atoms with Crippen LogP contribution in [-0.2, 0) is 4.79 Å². The van der Waals surface area contributed by atoms with E-state index in [9.17, 15) is 9.59 Å². The van der Waals surface area contributed by atoms with Gasteiger partial charge in [0.1, 0.15) is 0 Å². The van der Waals surface area contributed by atoms with Crippen LogP contribution in [0.2, 0.25) is 0 Å². The molecule has 1 radical (unpaired) electrons. The predicted octanol–water partition coefficient (Wildman–Crippen LogP) is -0.847. The summed E-state index contributed by atoms with van der Waals surface area (Å²) in [5.74, 6) is 0. The van der Waals surface area contributed by atoms with Crippen molar-refractivity contribution in [3.8, 4) is 0 Å². The van der Waals surface area contributed by atoms with Crippen molar-refractivity contribution in [2.24, 2.45) is 5.73 Å². The fourth-order valence-electron chi connectivity index (χ4n) is 0.243. The lowest BCUT2D eigenvalue weighted by atomic mass is 10.4. The second-order valence-corrected chi connectivity index (χ2v) is 1.35. The summed E-state index contributed by atoms with van der Waals surface area (Å²) < 4.78 is 0. The molecule has 1 atom stereocenters. The Labute approximate surface area is 47.0 Å². The van der Waals surface area contributed by atoms with E-state index >= 15 is 0 Å². The second kappa shape index (κ2) is 3.01. The maximum absolute atomic E-state index is 9.90. The molecule has 0 fully saturated rings. The van der Waals surface area contributed by atoms with Crippen molar-refractivity contribution < 1.29 is 9.59 Å². The molecule has 0 saturated heterocycles. The molecule has 8 heavy (non-hydrogen) atoms. The largest absolute Gasteiger partial charge is 0.352 e. The molecule has 2 amide bonds. The minimum atomic E-state index is -0.708. The van der Waals surface area contributed by atoms with Gasteiger partial charge in [0.2, 0.25) is 6.29 Å². The fraction of sp³-hybridized carbons (Fsp3) is 0.500. The number of rotatable bonds is 2. The molecule has 0 aliphatic carbocycles. The van der Waals surface area contributed by atoms with Crippen LogP contribution in [0.1, 0.15) is 6.92 Å². The lowest BCUT2D eigenvalue weighted by Crippen LogP contribution is -2.37. The van der Waals surface area contributed by atoms with Crippen molar-refractivity contribution in [1.82, 2.24) is 5.32 Å². The van der Waals surface area contributed by atoms with Crippen LogP contribution in [0.25, 0.3) is 0 Å². The van der Waals surface area contributed by atoms with Crippen LogP contribution in [0.15, 0.2) is 0 Å². The van der Waals surface area contributed by atoms with Crippen LogP contribution in [0.3, 0.4) is 0 Å². The van der Waals surface area contributed by atoms with Crippen molar-refractivity contribution >= 4 is 12.3 Å². The minimum absolute atomic E-state index is 0.604. The number of amides is 2. The van der Waals surface area contributed by atoms with E-state index in [2.05, 4.69) is 11.1 Å². The number of hydrogen-bond donors (Lipinski definition) is 2. The molecule has 4 nitrogen and oxygen atoms in total. The smallest absolute Gasteiger partial charge is 0.312 e. The Morgan fingerprint density at radius 3 is 2.50 bits per heavy atom. The highest BCUT2D eigenvalue weighted by Crippen LogP contribution is 1.69. The molecular weight excluding hydrogens is 108 g/mol. The molecule has 0 rings (SSSR count). The molecule has 0 spiro atoms. The van der Waals surface area contributed by atoms with E-state index in [1.165, 1.54) is 13.2 Å². The van der Waals surface area contributed by atoms with Gasteiger partial charge in [0.25, 0.3) is 0 Å². The van der Waals surface area contributed by atoms with Gasteiger partial charge in [-0.25, -0.2) is 4.79 Å². The van der Waals surface area contributed by atoms with Crippen molar-refractivity contribution in [3.05, 3.63) is 0 Å². The third-order valence-electron chi connectivity index (χ3n) is 0.536. The average molecular weight is 115 g/mol. The highest BCUT2D eigenvalue weighted by molar-refractivity contribution is 5.76. The van der Waals surface area contributed by atoms with Crippen molar-refractivity contribution in [3.63, 3.8) is 0 Å². The highest BCUT2D eigenvalue weighted by atomic mass is 16.2. The molecule has 0 aromatic rings. The lowest BCUT2D eigenvalue weighted by Gasteiger charge is -1.99. The summed E-state index contributed by atoms with van der Waals surface area (Å²) in [6.07, 6.45) is 1.53. The highest BCUT2D eigenvalue weighted by Gasteiger charge is 1.99. The number of nitrogens with one attached hydrogen (secondary N) is 1. The van der Waals surface area contributed by atoms with E-state index < -0.39 is 12.1 Å². The molecule has 0 aliphatic rings. The summed E-state index contributed by atoms with van der Waals surface area (Å²) in [7, 11) is 0. The molecule has 0 bridgehead atoms. The van der Waals surface area contributed by atoms with Crippen LogP contribution in [0.5, 0.6) is 0 Å². The fourth-order valence-corrected chi connectivity index (χ4v) is 0.243. The van der Waals surface area contributed by atoms with Crippen molar-refractivity contribution in [2.45, 2.75) is 13.0 Å². The van der Waals surface area contributed by atoms with E-state index in [1.54, 1.807) is 0 Å². The van der Waals surface area contributed by atoms with Gasteiger partial charge in [0.15, 0.2) is 0 Å². The third-order valence-corrected chi connectivity index (χ3v) is 0.536. The molecule has 0 heterocycles. The topological polar surface area (TPSA) is 72.2 Å². The van der Waals surface area contributed by atoms with E-state index in [-0.39, 0.29) is 0 Å².